The molecule has 52 heavy (non-hydrogen) atoms. The van der Waals surface area contributed by atoms with Gasteiger partial charge >= 0.3 is 6.09 Å². The molecule has 0 saturated carbocycles. The van der Waals surface area contributed by atoms with Gasteiger partial charge in [-0.25, -0.2) is 21.6 Å². The number of sulfonamides is 2. The van der Waals surface area contributed by atoms with Crippen LogP contribution in [0.4, 0.5) is 4.79 Å². The van der Waals surface area contributed by atoms with E-state index in [2.05, 4.69) is 0 Å². The van der Waals surface area contributed by atoms with Gasteiger partial charge in [0.05, 0.1) is 21.9 Å². The zero-order valence-electron chi connectivity index (χ0n) is 29.0. The molecule has 0 radical (unpaired) electrons. The van der Waals surface area contributed by atoms with Crippen LogP contribution >= 0.6 is 0 Å². The Labute approximate surface area is 303 Å². The number of primary amides is 2. The fourth-order valence-corrected chi connectivity index (χ4v) is 9.22. The Hall–Kier alpha value is -5.09. The van der Waals surface area contributed by atoms with Gasteiger partial charge in [-0.2, -0.15) is 8.61 Å². The third kappa shape index (κ3) is 8.67. The van der Waals surface area contributed by atoms with E-state index in [0.717, 1.165) is 0 Å². The molecule has 0 aromatic heterocycles. The fourth-order valence-electron chi connectivity index (χ4n) is 5.95. The number of rotatable bonds is 12. The lowest BCUT2D eigenvalue weighted by Crippen LogP contribution is -2.54. The maximum atomic E-state index is 14.7. The van der Waals surface area contributed by atoms with E-state index in [4.69, 9.17) is 16.2 Å². The predicted molar refractivity (Wildman–Crippen MR) is 194 cm³/mol. The third-order valence-electron chi connectivity index (χ3n) is 8.50. The first-order valence-electron chi connectivity index (χ1n) is 16.4. The number of likely N-dealkylation sites (tertiary alicyclic amines) is 1. The van der Waals surface area contributed by atoms with Crippen molar-refractivity contribution in [2.24, 2.45) is 11.5 Å². The Morgan fingerprint density at radius 2 is 0.981 bits per heavy atom. The monoisotopic (exact) mass is 747 g/mol. The summed E-state index contributed by atoms with van der Waals surface area (Å²) in [6, 6.07) is 25.5. The Kier molecular flexibility index (Phi) is 11.2. The van der Waals surface area contributed by atoms with E-state index < -0.39 is 55.6 Å². The molecule has 274 valence electrons. The van der Waals surface area contributed by atoms with Crippen LogP contribution in [-0.2, 0) is 37.9 Å². The van der Waals surface area contributed by atoms with E-state index in [9.17, 15) is 31.2 Å². The summed E-state index contributed by atoms with van der Waals surface area (Å²) >= 11 is 0. The minimum Gasteiger partial charge on any atom is -0.444 e. The lowest BCUT2D eigenvalue weighted by Gasteiger charge is -2.36. The summed E-state index contributed by atoms with van der Waals surface area (Å²) in [5.74, 6) is -1.47. The number of carbonyl (C=O) groups excluding carboxylic acids is 3. The van der Waals surface area contributed by atoms with Gasteiger partial charge in [-0.15, -0.1) is 0 Å². The fraction of sp³-hybridized carbons (Fsp3) is 0.270. The summed E-state index contributed by atoms with van der Waals surface area (Å²) in [5.41, 5.74) is 11.3. The highest BCUT2D eigenvalue weighted by Crippen LogP contribution is 2.34. The average Bonchev–Trinajstić information content (AvgIpc) is 3.54. The quantitative estimate of drug-likeness (QED) is 0.218. The van der Waals surface area contributed by atoms with Gasteiger partial charge in [0.25, 0.3) is 0 Å². The highest BCUT2D eigenvalue weighted by Gasteiger charge is 2.49. The zero-order valence-corrected chi connectivity index (χ0v) is 30.6. The number of amides is 3. The molecule has 0 bridgehead atoms. The number of benzene rings is 4. The molecule has 3 amide bonds. The van der Waals surface area contributed by atoms with Crippen molar-refractivity contribution >= 4 is 38.0 Å². The highest BCUT2D eigenvalue weighted by molar-refractivity contribution is 7.89. The normalized spacial score (nSPS) is 16.6. The van der Waals surface area contributed by atoms with Gasteiger partial charge in [0.1, 0.15) is 5.60 Å². The number of nitrogens with zero attached hydrogens (tertiary/aromatic N) is 3. The third-order valence-corrected chi connectivity index (χ3v) is 12.3. The summed E-state index contributed by atoms with van der Waals surface area (Å²) in [5, 5.41) is 0. The van der Waals surface area contributed by atoms with Crippen molar-refractivity contribution in [3.8, 4) is 0 Å². The number of ether oxygens (including phenoxy) is 1. The average molecular weight is 748 g/mol. The molecule has 0 unspecified atom stereocenters. The standard InChI is InChI=1S/C37H41N5O8S2/c1-37(2,3)50-36(45)40-24-32(41(22-26-10-6-4-7-11-26)51(46,47)30-18-14-28(15-19-30)34(38)43)33(25-40)42(23-27-12-8-5-9-13-27)52(48,49)31-20-16-29(17-21-31)35(39)44/h4-21,32-33H,22-25H2,1-3H3,(H2,38,43)(H2,39,44)/t32-,33-/m0/s1. The second-order valence-corrected chi connectivity index (χ2v) is 17.2. The van der Waals surface area contributed by atoms with Gasteiger partial charge in [-0.05, 0) is 80.4 Å². The van der Waals surface area contributed by atoms with E-state index in [1.165, 1.54) is 62.0 Å². The van der Waals surface area contributed by atoms with Crippen molar-refractivity contribution in [1.29, 1.82) is 0 Å². The lowest BCUT2D eigenvalue weighted by molar-refractivity contribution is 0.0280. The van der Waals surface area contributed by atoms with Crippen LogP contribution in [0.2, 0.25) is 0 Å². The molecule has 0 spiro atoms. The molecule has 13 nitrogen and oxygen atoms in total. The Balaban J connectivity index is 1.70. The van der Waals surface area contributed by atoms with Crippen molar-refractivity contribution in [2.75, 3.05) is 13.1 Å². The first-order chi connectivity index (χ1) is 24.5. The molecule has 1 aliphatic heterocycles. The summed E-state index contributed by atoms with van der Waals surface area (Å²) in [4.78, 5) is 38.2. The van der Waals surface area contributed by atoms with Crippen molar-refractivity contribution in [3.05, 3.63) is 131 Å². The van der Waals surface area contributed by atoms with Crippen LogP contribution in [0.3, 0.4) is 0 Å². The highest BCUT2D eigenvalue weighted by atomic mass is 32.2. The molecular formula is C37H41N5O8S2. The smallest absolute Gasteiger partial charge is 0.410 e. The maximum absolute atomic E-state index is 14.7. The Morgan fingerprint density at radius 3 is 1.29 bits per heavy atom. The van der Waals surface area contributed by atoms with Crippen molar-refractivity contribution in [1.82, 2.24) is 13.5 Å². The topological polar surface area (TPSA) is 190 Å². The molecule has 1 saturated heterocycles. The molecule has 4 aromatic rings. The van der Waals surface area contributed by atoms with E-state index in [-0.39, 0.29) is 47.1 Å². The van der Waals surface area contributed by atoms with Crippen LogP contribution in [0.15, 0.2) is 119 Å². The molecular weight excluding hydrogens is 707 g/mol. The first kappa shape index (κ1) is 38.1. The van der Waals surface area contributed by atoms with Crippen LogP contribution < -0.4 is 11.5 Å². The van der Waals surface area contributed by atoms with Gasteiger partial charge < -0.3 is 21.1 Å². The SMILES string of the molecule is CC(C)(C)OC(=O)N1C[C@H](N(Cc2ccccc2)S(=O)(=O)c2ccc(C(N)=O)cc2)[C@@H](N(Cc2ccccc2)S(=O)(=O)c2ccc(C(N)=O)cc2)C1. The molecule has 4 N–H and O–H groups in total. The molecule has 2 atom stereocenters. The summed E-state index contributed by atoms with van der Waals surface area (Å²) in [6.07, 6.45) is -0.745. The van der Waals surface area contributed by atoms with Gasteiger partial charge in [-0.3, -0.25) is 9.59 Å². The largest absolute Gasteiger partial charge is 0.444 e. The minimum absolute atomic E-state index is 0.103. The second kappa shape index (κ2) is 15.3. The molecule has 4 aromatic carbocycles. The van der Waals surface area contributed by atoms with Crippen molar-refractivity contribution < 1.29 is 36.0 Å². The first-order valence-corrected chi connectivity index (χ1v) is 19.2. The van der Waals surface area contributed by atoms with E-state index in [0.29, 0.717) is 11.1 Å². The molecule has 1 fully saturated rings. The van der Waals surface area contributed by atoms with Gasteiger partial charge in [0.2, 0.25) is 31.9 Å². The van der Waals surface area contributed by atoms with Crippen LogP contribution in [0.1, 0.15) is 52.6 Å². The van der Waals surface area contributed by atoms with Crippen LogP contribution in [0.25, 0.3) is 0 Å². The van der Waals surface area contributed by atoms with E-state index in [1.54, 1.807) is 81.4 Å². The molecule has 0 aliphatic carbocycles. The maximum Gasteiger partial charge on any atom is 0.410 e. The molecule has 15 heteroatoms. The van der Waals surface area contributed by atoms with Crippen molar-refractivity contribution in [3.63, 3.8) is 0 Å². The van der Waals surface area contributed by atoms with Crippen LogP contribution in [0, 0.1) is 0 Å². The Bertz CT molecular complexity index is 1980. The summed E-state index contributed by atoms with van der Waals surface area (Å²) in [6.45, 7) is 4.28. The summed E-state index contributed by atoms with van der Waals surface area (Å²) in [7, 11) is -8.89. The lowest BCUT2D eigenvalue weighted by atomic mass is 10.1. The molecule has 1 heterocycles. The number of carbonyl (C=O) groups is 3. The number of hydrogen-bond acceptors (Lipinski definition) is 8. The second-order valence-electron chi connectivity index (χ2n) is 13.4. The van der Waals surface area contributed by atoms with E-state index >= 15 is 0 Å². The zero-order chi connectivity index (χ0) is 37.8. The summed E-state index contributed by atoms with van der Waals surface area (Å²) < 4.78 is 67.0. The number of nitrogens with two attached hydrogens (primary N) is 2. The molecule has 1 aliphatic rings. The molecule has 5 rings (SSSR count). The van der Waals surface area contributed by atoms with E-state index in [1.807, 2.05) is 0 Å². The van der Waals surface area contributed by atoms with Crippen molar-refractivity contribution in [2.45, 2.75) is 61.3 Å². The number of hydrogen-bond donors (Lipinski definition) is 2. The Morgan fingerprint density at radius 1 is 0.635 bits per heavy atom. The van der Waals surface area contributed by atoms with Gasteiger partial charge in [0, 0.05) is 37.3 Å². The van der Waals surface area contributed by atoms with Gasteiger partial charge in [-0.1, -0.05) is 60.7 Å². The van der Waals surface area contributed by atoms with Crippen LogP contribution in [0.5, 0.6) is 0 Å². The van der Waals surface area contributed by atoms with Gasteiger partial charge in [0.15, 0.2) is 0 Å². The predicted octanol–water partition coefficient (Wildman–Crippen LogP) is 3.95. The minimum atomic E-state index is -4.44. The van der Waals surface area contributed by atoms with Crippen LogP contribution in [-0.4, -0.2) is 79.0 Å².